The predicted molar refractivity (Wildman–Crippen MR) is 110 cm³/mol. The van der Waals surface area contributed by atoms with E-state index in [-0.39, 0.29) is 0 Å². The smallest absolute Gasteiger partial charge is 0.0655 e. The Labute approximate surface area is 154 Å². The Hall–Kier alpha value is -1.83. The first-order chi connectivity index (χ1) is 11.9. The van der Waals surface area contributed by atoms with Crippen LogP contribution in [-0.4, -0.2) is 15.9 Å². The standard InChI is InChI=1S/C23H34N2/c1-8-11-19(6)25(22-14-23(22,7)10-3)16-18(5)20-13-17(4)21(12-9-2)24-15-20/h9,12-13,15-16,22H,6,8,10-11,14H2,1-5,7H3/b12-9-,18-16+. The summed E-state index contributed by atoms with van der Waals surface area (Å²) in [5, 5.41) is 0. The van der Waals surface area contributed by atoms with Gasteiger partial charge in [-0.25, -0.2) is 0 Å². The Morgan fingerprint density at radius 3 is 2.68 bits per heavy atom. The fourth-order valence-corrected chi connectivity index (χ4v) is 3.43. The third kappa shape index (κ3) is 4.42. The Bertz CT molecular complexity index is 683. The van der Waals surface area contributed by atoms with Gasteiger partial charge in [-0.3, -0.25) is 4.98 Å². The second-order valence-corrected chi connectivity index (χ2v) is 7.69. The highest BCUT2D eigenvalue weighted by Gasteiger charge is 2.51. The Morgan fingerprint density at radius 2 is 2.16 bits per heavy atom. The molecule has 1 fully saturated rings. The summed E-state index contributed by atoms with van der Waals surface area (Å²) in [4.78, 5) is 7.06. The number of hydrogen-bond acceptors (Lipinski definition) is 2. The molecule has 1 aromatic rings. The van der Waals surface area contributed by atoms with Gasteiger partial charge in [0.2, 0.25) is 0 Å². The molecule has 2 heteroatoms. The normalized spacial score (nSPS) is 23.1. The number of aromatic nitrogens is 1. The second kappa shape index (κ2) is 8.03. The molecule has 0 amide bonds. The van der Waals surface area contributed by atoms with Crippen molar-refractivity contribution < 1.29 is 0 Å². The monoisotopic (exact) mass is 338 g/mol. The third-order valence-electron chi connectivity index (χ3n) is 5.58. The molecule has 0 bridgehead atoms. The van der Waals surface area contributed by atoms with Gasteiger partial charge in [0.1, 0.15) is 0 Å². The van der Waals surface area contributed by atoms with Crippen LogP contribution in [0.15, 0.2) is 36.8 Å². The zero-order valence-electron chi connectivity index (χ0n) is 16.9. The van der Waals surface area contributed by atoms with Crippen LogP contribution in [-0.2, 0) is 0 Å². The van der Waals surface area contributed by atoms with Gasteiger partial charge < -0.3 is 4.90 Å². The van der Waals surface area contributed by atoms with E-state index in [0.29, 0.717) is 11.5 Å². The van der Waals surface area contributed by atoms with Crippen molar-refractivity contribution in [2.45, 2.75) is 73.3 Å². The lowest BCUT2D eigenvalue weighted by molar-refractivity contribution is 0.359. The number of aryl methyl sites for hydroxylation is 1. The Kier molecular flexibility index (Phi) is 6.26. The molecule has 2 nitrogen and oxygen atoms in total. The molecule has 1 heterocycles. The maximum absolute atomic E-state index is 4.61. The van der Waals surface area contributed by atoms with E-state index in [0.717, 1.165) is 18.5 Å². The van der Waals surface area contributed by atoms with Crippen LogP contribution in [0.5, 0.6) is 0 Å². The first-order valence-electron chi connectivity index (χ1n) is 9.60. The van der Waals surface area contributed by atoms with Crippen LogP contribution in [0.2, 0.25) is 0 Å². The van der Waals surface area contributed by atoms with Crippen molar-refractivity contribution in [1.29, 1.82) is 0 Å². The largest absolute Gasteiger partial charge is 0.348 e. The molecule has 0 aliphatic heterocycles. The summed E-state index contributed by atoms with van der Waals surface area (Å²) in [6.45, 7) is 17.6. The molecule has 2 atom stereocenters. The summed E-state index contributed by atoms with van der Waals surface area (Å²) < 4.78 is 0. The van der Waals surface area contributed by atoms with E-state index in [1.807, 2.05) is 19.2 Å². The number of pyridine rings is 1. The molecule has 0 N–H and O–H groups in total. The van der Waals surface area contributed by atoms with Gasteiger partial charge in [0, 0.05) is 24.1 Å². The van der Waals surface area contributed by atoms with Crippen molar-refractivity contribution in [3.8, 4) is 0 Å². The van der Waals surface area contributed by atoms with E-state index < -0.39 is 0 Å². The summed E-state index contributed by atoms with van der Waals surface area (Å²) in [5.41, 5.74) is 6.37. The van der Waals surface area contributed by atoms with Gasteiger partial charge in [0.05, 0.1) is 5.69 Å². The van der Waals surface area contributed by atoms with Crippen molar-refractivity contribution in [2.24, 2.45) is 5.41 Å². The third-order valence-corrected chi connectivity index (χ3v) is 5.58. The van der Waals surface area contributed by atoms with Gasteiger partial charge >= 0.3 is 0 Å². The summed E-state index contributed by atoms with van der Waals surface area (Å²) in [7, 11) is 0. The predicted octanol–water partition coefficient (Wildman–Crippen LogP) is 6.59. The quantitative estimate of drug-likeness (QED) is 0.531. The van der Waals surface area contributed by atoms with Gasteiger partial charge in [0.15, 0.2) is 0 Å². The molecule has 25 heavy (non-hydrogen) atoms. The summed E-state index contributed by atoms with van der Waals surface area (Å²) in [6, 6.07) is 2.82. The maximum Gasteiger partial charge on any atom is 0.0655 e. The second-order valence-electron chi connectivity index (χ2n) is 7.69. The molecule has 1 aromatic heterocycles. The lowest BCUT2D eigenvalue weighted by Gasteiger charge is -2.26. The number of rotatable bonds is 8. The lowest BCUT2D eigenvalue weighted by Crippen LogP contribution is -2.23. The highest BCUT2D eigenvalue weighted by atomic mass is 15.2. The molecule has 0 saturated heterocycles. The zero-order valence-corrected chi connectivity index (χ0v) is 16.9. The van der Waals surface area contributed by atoms with Crippen LogP contribution >= 0.6 is 0 Å². The number of hydrogen-bond donors (Lipinski definition) is 0. The first-order valence-corrected chi connectivity index (χ1v) is 9.60. The van der Waals surface area contributed by atoms with E-state index in [2.05, 4.69) is 69.4 Å². The molecule has 1 aliphatic carbocycles. The molecule has 1 aliphatic rings. The highest BCUT2D eigenvalue weighted by molar-refractivity contribution is 5.65. The minimum absolute atomic E-state index is 0.428. The van der Waals surface area contributed by atoms with Crippen molar-refractivity contribution in [3.63, 3.8) is 0 Å². The number of allylic oxidation sites excluding steroid dienone is 3. The van der Waals surface area contributed by atoms with E-state index in [4.69, 9.17) is 0 Å². The van der Waals surface area contributed by atoms with E-state index >= 15 is 0 Å². The van der Waals surface area contributed by atoms with Gasteiger partial charge in [-0.1, -0.05) is 39.8 Å². The van der Waals surface area contributed by atoms with Crippen LogP contribution in [0.3, 0.4) is 0 Å². The lowest BCUT2D eigenvalue weighted by atomic mass is 10.0. The summed E-state index contributed by atoms with van der Waals surface area (Å²) in [6.07, 6.45) is 13.0. The topological polar surface area (TPSA) is 16.1 Å². The van der Waals surface area contributed by atoms with Crippen molar-refractivity contribution in [1.82, 2.24) is 9.88 Å². The van der Waals surface area contributed by atoms with Gasteiger partial charge in [0.25, 0.3) is 0 Å². The van der Waals surface area contributed by atoms with Crippen LogP contribution in [0.1, 0.15) is 77.1 Å². The van der Waals surface area contributed by atoms with Crippen molar-refractivity contribution in [2.75, 3.05) is 0 Å². The SMILES string of the molecule is C=C(CCC)N(/C=C(\C)c1cnc(/C=C\C)c(C)c1)C1CC1(C)CC. The van der Waals surface area contributed by atoms with Gasteiger partial charge in [-0.2, -0.15) is 0 Å². The molecular weight excluding hydrogens is 304 g/mol. The summed E-state index contributed by atoms with van der Waals surface area (Å²) in [5.74, 6) is 0. The van der Waals surface area contributed by atoms with E-state index in [9.17, 15) is 0 Å². The van der Waals surface area contributed by atoms with Crippen molar-refractivity contribution >= 4 is 11.6 Å². The van der Waals surface area contributed by atoms with Gasteiger partial charge in [-0.15, -0.1) is 0 Å². The average Bonchev–Trinajstić information content (AvgIpc) is 3.26. The maximum atomic E-state index is 4.61. The molecule has 0 aromatic carbocycles. The minimum atomic E-state index is 0.428. The Morgan fingerprint density at radius 1 is 1.44 bits per heavy atom. The summed E-state index contributed by atoms with van der Waals surface area (Å²) >= 11 is 0. The van der Waals surface area contributed by atoms with Crippen LogP contribution in [0.4, 0.5) is 0 Å². The molecule has 1 saturated carbocycles. The average molecular weight is 339 g/mol. The highest BCUT2D eigenvalue weighted by Crippen LogP contribution is 2.53. The molecule has 0 spiro atoms. The van der Waals surface area contributed by atoms with Crippen LogP contribution in [0, 0.1) is 12.3 Å². The van der Waals surface area contributed by atoms with Crippen molar-refractivity contribution in [3.05, 3.63) is 53.6 Å². The molecule has 2 rings (SSSR count). The van der Waals surface area contributed by atoms with Crippen LogP contribution < -0.4 is 0 Å². The molecule has 136 valence electrons. The minimum Gasteiger partial charge on any atom is -0.348 e. The molecule has 0 radical (unpaired) electrons. The number of nitrogens with zero attached hydrogens (tertiary/aromatic N) is 2. The fraction of sp³-hybridized carbons (Fsp3) is 0.522. The zero-order chi connectivity index (χ0) is 18.6. The Balaban J connectivity index is 2.29. The molecule has 2 unspecified atom stereocenters. The molecular formula is C23H34N2. The fourth-order valence-electron chi connectivity index (χ4n) is 3.43. The van der Waals surface area contributed by atoms with E-state index in [1.54, 1.807) is 0 Å². The van der Waals surface area contributed by atoms with Crippen LogP contribution in [0.25, 0.3) is 11.6 Å². The first kappa shape index (κ1) is 19.5. The van der Waals surface area contributed by atoms with E-state index in [1.165, 1.54) is 35.2 Å². The van der Waals surface area contributed by atoms with Gasteiger partial charge in [-0.05, 0) is 74.3 Å².